The normalized spacial score (nSPS) is 17.4. The van der Waals surface area contributed by atoms with Crippen molar-refractivity contribution in [3.63, 3.8) is 0 Å². The Morgan fingerprint density at radius 2 is 2.30 bits per heavy atom. The first kappa shape index (κ1) is 17.1. The van der Waals surface area contributed by atoms with Crippen LogP contribution < -0.4 is 15.4 Å². The van der Waals surface area contributed by atoms with Gasteiger partial charge in [-0.3, -0.25) is 10.1 Å². The van der Waals surface area contributed by atoms with Crippen molar-refractivity contribution in [3.05, 3.63) is 29.8 Å². The number of nitrogens with one attached hydrogen (secondary N) is 2. The maximum absolute atomic E-state index is 11.8. The van der Waals surface area contributed by atoms with E-state index in [-0.39, 0.29) is 24.4 Å². The molecule has 112 valence electrons. The van der Waals surface area contributed by atoms with E-state index in [0.717, 1.165) is 29.4 Å². The number of rotatable bonds is 6. The number of ether oxygens (including phenoxy) is 1. The molecule has 0 aliphatic carbocycles. The monoisotopic (exact) mass is 316 g/mol. The Labute approximate surface area is 130 Å². The zero-order valence-corrected chi connectivity index (χ0v) is 13.2. The molecule has 0 aromatic heterocycles. The Morgan fingerprint density at radius 1 is 1.50 bits per heavy atom. The fraction of sp³-hybridized carbons (Fsp3) is 0.500. The Balaban J connectivity index is 0.00000200. The second-order valence-corrected chi connectivity index (χ2v) is 5.38. The number of carbonyl (C=O) groups is 1. The number of benzene rings is 1. The summed E-state index contributed by atoms with van der Waals surface area (Å²) >= 11 is 1.76. The van der Waals surface area contributed by atoms with Gasteiger partial charge in [0.1, 0.15) is 5.75 Å². The van der Waals surface area contributed by atoms with Crippen molar-refractivity contribution in [2.24, 2.45) is 0 Å². The minimum Gasteiger partial charge on any atom is -0.494 e. The molecule has 1 fully saturated rings. The predicted octanol–water partition coefficient (Wildman–Crippen LogP) is 1.83. The summed E-state index contributed by atoms with van der Waals surface area (Å²) in [5, 5.41) is 6.14. The Bertz CT molecular complexity index is 425. The van der Waals surface area contributed by atoms with E-state index in [0.29, 0.717) is 13.2 Å². The van der Waals surface area contributed by atoms with Crippen molar-refractivity contribution in [1.82, 2.24) is 10.6 Å². The molecule has 0 saturated carbocycles. The molecule has 1 aliphatic rings. The van der Waals surface area contributed by atoms with Crippen LogP contribution in [0.25, 0.3) is 0 Å². The second kappa shape index (κ2) is 9.10. The second-order valence-electron chi connectivity index (χ2n) is 4.35. The molecule has 1 heterocycles. The molecule has 1 aromatic rings. The largest absolute Gasteiger partial charge is 0.494 e. The van der Waals surface area contributed by atoms with Gasteiger partial charge in [-0.1, -0.05) is 18.2 Å². The minimum absolute atomic E-state index is 0. The summed E-state index contributed by atoms with van der Waals surface area (Å²) in [7, 11) is 0. The average Bonchev–Trinajstić information content (AvgIpc) is 2.95. The molecule has 0 bridgehead atoms. The number of para-hydroxylation sites is 1. The van der Waals surface area contributed by atoms with E-state index >= 15 is 0 Å². The molecule has 20 heavy (non-hydrogen) atoms. The lowest BCUT2D eigenvalue weighted by Gasteiger charge is -2.12. The maximum atomic E-state index is 11.8. The van der Waals surface area contributed by atoms with Gasteiger partial charge in [-0.05, 0) is 25.0 Å². The van der Waals surface area contributed by atoms with Crippen LogP contribution in [0.4, 0.5) is 0 Å². The smallest absolute Gasteiger partial charge is 0.238 e. The highest BCUT2D eigenvalue weighted by Crippen LogP contribution is 2.18. The summed E-state index contributed by atoms with van der Waals surface area (Å²) < 4.78 is 5.57. The van der Waals surface area contributed by atoms with Gasteiger partial charge in [0.2, 0.25) is 5.91 Å². The first-order chi connectivity index (χ1) is 9.31. The summed E-state index contributed by atoms with van der Waals surface area (Å²) in [5.41, 5.74) is 1.14. The zero-order chi connectivity index (χ0) is 13.5. The van der Waals surface area contributed by atoms with Gasteiger partial charge in [0.25, 0.3) is 0 Å². The fourth-order valence-electron chi connectivity index (χ4n) is 2.01. The Morgan fingerprint density at radius 3 is 3.00 bits per heavy atom. The van der Waals surface area contributed by atoms with E-state index in [4.69, 9.17) is 4.74 Å². The van der Waals surface area contributed by atoms with Crippen LogP contribution in [0, 0.1) is 0 Å². The minimum atomic E-state index is -0.0351. The third-order valence-electron chi connectivity index (χ3n) is 3.00. The summed E-state index contributed by atoms with van der Waals surface area (Å²) in [4.78, 5) is 11.8. The number of hydrogen-bond donors (Lipinski definition) is 2. The van der Waals surface area contributed by atoms with Crippen LogP contribution in [0.3, 0.4) is 0 Å². The number of carbonyl (C=O) groups excluding carboxylic acids is 1. The topological polar surface area (TPSA) is 50.4 Å². The molecule has 1 amide bonds. The van der Waals surface area contributed by atoms with Crippen LogP contribution in [0.5, 0.6) is 5.75 Å². The third kappa shape index (κ3) is 4.89. The SMILES string of the molecule is CCOc1ccccc1CCNC(=O)C1CSCN1.Cl. The lowest BCUT2D eigenvalue weighted by molar-refractivity contribution is -0.122. The first-order valence-electron chi connectivity index (χ1n) is 6.60. The van der Waals surface area contributed by atoms with E-state index in [9.17, 15) is 4.79 Å². The van der Waals surface area contributed by atoms with E-state index in [1.165, 1.54) is 0 Å². The zero-order valence-electron chi connectivity index (χ0n) is 11.6. The van der Waals surface area contributed by atoms with Crippen LogP contribution in [0.2, 0.25) is 0 Å². The fourth-order valence-corrected chi connectivity index (χ4v) is 2.96. The van der Waals surface area contributed by atoms with Crippen LogP contribution in [0.15, 0.2) is 24.3 Å². The Hall–Kier alpha value is -0.910. The van der Waals surface area contributed by atoms with Crippen molar-refractivity contribution in [2.45, 2.75) is 19.4 Å². The van der Waals surface area contributed by atoms with Crippen LogP contribution in [-0.4, -0.2) is 36.7 Å². The molecule has 1 aliphatic heterocycles. The van der Waals surface area contributed by atoms with Gasteiger partial charge in [-0.2, -0.15) is 0 Å². The number of hydrogen-bond acceptors (Lipinski definition) is 4. The van der Waals surface area contributed by atoms with Gasteiger partial charge in [0.15, 0.2) is 0 Å². The highest BCUT2D eigenvalue weighted by atomic mass is 35.5. The van der Waals surface area contributed by atoms with E-state index in [1.54, 1.807) is 11.8 Å². The van der Waals surface area contributed by atoms with Gasteiger partial charge in [0, 0.05) is 18.2 Å². The molecule has 1 aromatic carbocycles. The van der Waals surface area contributed by atoms with E-state index in [2.05, 4.69) is 10.6 Å². The van der Waals surface area contributed by atoms with Crippen LogP contribution in [-0.2, 0) is 11.2 Å². The van der Waals surface area contributed by atoms with Gasteiger partial charge in [-0.15, -0.1) is 24.2 Å². The Kier molecular flexibility index (Phi) is 7.80. The molecular weight excluding hydrogens is 296 g/mol. The summed E-state index contributed by atoms with van der Waals surface area (Å²) in [6, 6.07) is 7.94. The molecule has 4 nitrogen and oxygen atoms in total. The lowest BCUT2D eigenvalue weighted by atomic mass is 10.1. The van der Waals surface area contributed by atoms with Gasteiger partial charge < -0.3 is 10.1 Å². The molecule has 0 spiro atoms. The van der Waals surface area contributed by atoms with Crippen LogP contribution in [0.1, 0.15) is 12.5 Å². The first-order valence-corrected chi connectivity index (χ1v) is 7.76. The molecule has 1 unspecified atom stereocenters. The van der Waals surface area contributed by atoms with Crippen molar-refractivity contribution in [3.8, 4) is 5.75 Å². The molecule has 6 heteroatoms. The highest BCUT2D eigenvalue weighted by molar-refractivity contribution is 7.99. The van der Waals surface area contributed by atoms with E-state index < -0.39 is 0 Å². The van der Waals surface area contributed by atoms with E-state index in [1.807, 2.05) is 31.2 Å². The number of halogens is 1. The maximum Gasteiger partial charge on any atom is 0.238 e. The summed E-state index contributed by atoms with van der Waals surface area (Å²) in [6.45, 7) is 3.28. The van der Waals surface area contributed by atoms with Crippen molar-refractivity contribution < 1.29 is 9.53 Å². The molecule has 1 saturated heterocycles. The van der Waals surface area contributed by atoms with Crippen molar-refractivity contribution in [2.75, 3.05) is 24.8 Å². The van der Waals surface area contributed by atoms with Gasteiger partial charge in [-0.25, -0.2) is 0 Å². The summed E-state index contributed by atoms with van der Waals surface area (Å²) in [5.74, 6) is 2.74. The van der Waals surface area contributed by atoms with Crippen LogP contribution >= 0.6 is 24.2 Å². The average molecular weight is 317 g/mol. The van der Waals surface area contributed by atoms with Gasteiger partial charge in [0.05, 0.1) is 12.6 Å². The van der Waals surface area contributed by atoms with Gasteiger partial charge >= 0.3 is 0 Å². The standard InChI is InChI=1S/C14H20N2O2S.ClH/c1-2-18-13-6-4-3-5-11(13)7-8-15-14(17)12-9-19-10-16-12;/h3-6,12,16H,2,7-10H2,1H3,(H,15,17);1H. The summed E-state index contributed by atoms with van der Waals surface area (Å²) in [6.07, 6.45) is 0.793. The molecule has 2 rings (SSSR count). The number of thioether (sulfide) groups is 1. The van der Waals surface area contributed by atoms with Crippen molar-refractivity contribution >= 4 is 30.1 Å². The quantitative estimate of drug-likeness (QED) is 0.840. The lowest BCUT2D eigenvalue weighted by Crippen LogP contribution is -2.42. The van der Waals surface area contributed by atoms with Crippen molar-refractivity contribution in [1.29, 1.82) is 0 Å². The highest BCUT2D eigenvalue weighted by Gasteiger charge is 2.21. The molecule has 1 atom stereocenters. The molecular formula is C14H21ClN2O2S. The number of amides is 1. The molecule has 2 N–H and O–H groups in total. The molecule has 0 radical (unpaired) electrons. The predicted molar refractivity (Wildman–Crippen MR) is 85.8 cm³/mol. The third-order valence-corrected chi connectivity index (χ3v) is 3.94.